The monoisotopic (exact) mass is 209 g/mol. The molecule has 0 radical (unpaired) electrons. The third-order valence-electron chi connectivity index (χ3n) is 2.98. The van der Waals surface area contributed by atoms with E-state index in [1.807, 2.05) is 0 Å². The van der Waals surface area contributed by atoms with E-state index in [4.69, 9.17) is 0 Å². The van der Waals surface area contributed by atoms with Crippen molar-refractivity contribution in [3.05, 3.63) is 0 Å². The third kappa shape index (κ3) is 5.24. The van der Waals surface area contributed by atoms with Gasteiger partial charge < -0.3 is 9.90 Å². The van der Waals surface area contributed by atoms with Gasteiger partial charge in [-0.25, -0.2) is 0 Å². The van der Waals surface area contributed by atoms with Crippen LogP contribution in [0.4, 0.5) is 0 Å². The fourth-order valence-corrected chi connectivity index (χ4v) is 2.13. The molecule has 0 N–H and O–H groups in total. The van der Waals surface area contributed by atoms with Crippen LogP contribution in [0, 0.1) is 11.8 Å². The average Bonchev–Trinajstić information content (AvgIpc) is 2.48. The number of hydrogen-bond acceptors (Lipinski definition) is 2. The minimum atomic E-state index is -0.894. The summed E-state index contributed by atoms with van der Waals surface area (Å²) >= 11 is 0. The van der Waals surface area contributed by atoms with E-state index in [0.717, 1.165) is 12.3 Å². The van der Waals surface area contributed by atoms with Crippen molar-refractivity contribution in [1.82, 2.24) is 0 Å². The molecule has 0 aromatic carbocycles. The maximum absolute atomic E-state index is 10.2. The van der Waals surface area contributed by atoms with Crippen molar-refractivity contribution in [2.75, 3.05) is 0 Å². The number of rotatable bonds is 4. The molecule has 2 nitrogen and oxygen atoms in total. The average molecular weight is 209 g/mol. The van der Waals surface area contributed by atoms with Gasteiger partial charge in [-0.15, -0.1) is 0 Å². The van der Waals surface area contributed by atoms with E-state index in [0.29, 0.717) is 5.92 Å². The van der Waals surface area contributed by atoms with Crippen LogP contribution in [0.2, 0.25) is 0 Å². The summed E-state index contributed by atoms with van der Waals surface area (Å²) in [7, 11) is 0. The molecule has 0 heterocycles. The Morgan fingerprint density at radius 3 is 2.46 bits per heavy atom. The summed E-state index contributed by atoms with van der Waals surface area (Å²) in [6.07, 6.45) is 6.10. The van der Waals surface area contributed by atoms with Gasteiger partial charge in [-0.05, 0) is 31.1 Å². The van der Waals surface area contributed by atoms with Crippen LogP contribution in [0.1, 0.15) is 45.4 Å². The van der Waals surface area contributed by atoms with E-state index in [-0.39, 0.29) is 44.2 Å². The van der Waals surface area contributed by atoms with Crippen LogP contribution in [-0.4, -0.2) is 43.7 Å². The quantitative estimate of drug-likeness (QED) is 0.647. The Morgan fingerprint density at radius 2 is 2.00 bits per heavy atom. The molecular weight excluding hydrogens is 192 g/mol. The molecule has 2 atom stereocenters. The van der Waals surface area contributed by atoms with E-state index >= 15 is 0 Å². The number of hydrogen-bond donors (Lipinski definition) is 0. The minimum Gasteiger partial charge on any atom is -0.550 e. The zero-order valence-electron chi connectivity index (χ0n) is 8.42. The number of carboxylic acids is 1. The Labute approximate surface area is 110 Å². The topological polar surface area (TPSA) is 40.1 Å². The van der Waals surface area contributed by atoms with Crippen molar-refractivity contribution in [1.29, 1.82) is 0 Å². The summed E-state index contributed by atoms with van der Waals surface area (Å²) < 4.78 is 0. The summed E-state index contributed by atoms with van der Waals surface area (Å²) in [5.41, 5.74) is 0. The zero-order chi connectivity index (χ0) is 8.97. The molecule has 1 aliphatic carbocycles. The largest absolute Gasteiger partial charge is 2.00 e. The predicted octanol–water partition coefficient (Wildman–Crippen LogP) is 0.962. The standard InChI is InChI=1S/C10H18O2.Ca/c1-2-8-3-4-9(7-8)5-6-10(11)12;/h8-9H,2-7H2,1H3,(H,11,12);/q;+2/p-1. The Morgan fingerprint density at radius 1 is 1.38 bits per heavy atom. The first-order valence-corrected chi connectivity index (χ1v) is 4.92. The van der Waals surface area contributed by atoms with Crippen molar-refractivity contribution in [2.24, 2.45) is 11.8 Å². The van der Waals surface area contributed by atoms with Gasteiger partial charge in [0.2, 0.25) is 0 Å². The zero-order valence-corrected chi connectivity index (χ0v) is 10.6. The van der Waals surface area contributed by atoms with E-state index in [1.54, 1.807) is 0 Å². The van der Waals surface area contributed by atoms with Crippen LogP contribution in [0.5, 0.6) is 0 Å². The maximum atomic E-state index is 10.2. The van der Waals surface area contributed by atoms with Crippen LogP contribution in [0.25, 0.3) is 0 Å². The SMILES string of the molecule is CCC1CCC(CCC(=O)[O-])C1.[Ca+2]. The number of carbonyl (C=O) groups is 1. The van der Waals surface area contributed by atoms with Crippen LogP contribution in [0.3, 0.4) is 0 Å². The van der Waals surface area contributed by atoms with Crippen LogP contribution >= 0.6 is 0 Å². The van der Waals surface area contributed by atoms with Gasteiger partial charge in [0.25, 0.3) is 0 Å². The summed E-state index contributed by atoms with van der Waals surface area (Å²) in [4.78, 5) is 10.2. The molecule has 3 heteroatoms. The number of carboxylic acid groups (broad SMARTS) is 1. The predicted molar refractivity (Wildman–Crippen MR) is 51.1 cm³/mol. The van der Waals surface area contributed by atoms with Gasteiger partial charge >= 0.3 is 37.7 Å². The first kappa shape index (κ1) is 13.7. The first-order valence-electron chi connectivity index (χ1n) is 4.92. The van der Waals surface area contributed by atoms with Gasteiger partial charge in [-0.1, -0.05) is 26.2 Å². The second-order valence-electron chi connectivity index (χ2n) is 3.86. The Kier molecular flexibility index (Phi) is 7.48. The molecule has 1 aliphatic rings. The molecule has 0 aromatic rings. The van der Waals surface area contributed by atoms with Crippen LogP contribution in [0.15, 0.2) is 0 Å². The summed E-state index contributed by atoms with van der Waals surface area (Å²) in [5, 5.41) is 10.2. The van der Waals surface area contributed by atoms with Crippen LogP contribution in [-0.2, 0) is 4.79 Å². The van der Waals surface area contributed by atoms with E-state index in [2.05, 4.69) is 6.92 Å². The molecule has 2 unspecified atom stereocenters. The van der Waals surface area contributed by atoms with Gasteiger partial charge in [-0.3, -0.25) is 0 Å². The summed E-state index contributed by atoms with van der Waals surface area (Å²) in [5.74, 6) is 0.625. The summed E-state index contributed by atoms with van der Waals surface area (Å²) in [6, 6.07) is 0. The molecule has 0 spiro atoms. The van der Waals surface area contributed by atoms with E-state index in [9.17, 15) is 9.90 Å². The number of carbonyl (C=O) groups excluding carboxylic acids is 1. The third-order valence-corrected chi connectivity index (χ3v) is 2.98. The minimum absolute atomic E-state index is 0. The van der Waals surface area contributed by atoms with E-state index < -0.39 is 5.97 Å². The van der Waals surface area contributed by atoms with Crippen molar-refractivity contribution in [2.45, 2.75) is 45.4 Å². The molecule has 1 fully saturated rings. The Hall–Kier alpha value is 0.730. The van der Waals surface area contributed by atoms with Gasteiger partial charge in [0.1, 0.15) is 0 Å². The van der Waals surface area contributed by atoms with E-state index in [1.165, 1.54) is 25.7 Å². The maximum Gasteiger partial charge on any atom is 2.00 e. The molecule has 0 aliphatic heterocycles. The Balaban J connectivity index is 0.00000144. The van der Waals surface area contributed by atoms with Gasteiger partial charge in [-0.2, -0.15) is 0 Å². The van der Waals surface area contributed by atoms with Crippen LogP contribution < -0.4 is 5.11 Å². The molecule has 0 aromatic heterocycles. The molecular formula is C10H17CaO2+. The first-order chi connectivity index (χ1) is 5.72. The molecule has 0 saturated heterocycles. The smallest absolute Gasteiger partial charge is 0.550 e. The molecule has 1 saturated carbocycles. The second kappa shape index (κ2) is 7.08. The normalized spacial score (nSPS) is 26.8. The fraction of sp³-hybridized carbons (Fsp3) is 0.900. The molecule has 13 heavy (non-hydrogen) atoms. The molecule has 0 bridgehead atoms. The second-order valence-corrected chi connectivity index (χ2v) is 3.86. The molecule has 70 valence electrons. The molecule has 0 amide bonds. The Bertz CT molecular complexity index is 159. The molecule has 1 rings (SSSR count). The van der Waals surface area contributed by atoms with Crippen molar-refractivity contribution in [3.8, 4) is 0 Å². The van der Waals surface area contributed by atoms with Gasteiger partial charge in [0.05, 0.1) is 0 Å². The van der Waals surface area contributed by atoms with Gasteiger partial charge in [0.15, 0.2) is 0 Å². The summed E-state index contributed by atoms with van der Waals surface area (Å²) in [6.45, 7) is 2.21. The fourth-order valence-electron chi connectivity index (χ4n) is 2.13. The van der Waals surface area contributed by atoms with Crippen molar-refractivity contribution < 1.29 is 9.90 Å². The van der Waals surface area contributed by atoms with Crippen molar-refractivity contribution in [3.63, 3.8) is 0 Å². The van der Waals surface area contributed by atoms with Crippen molar-refractivity contribution >= 4 is 43.7 Å². The van der Waals surface area contributed by atoms with Gasteiger partial charge in [0, 0.05) is 5.97 Å². The number of aliphatic carboxylic acids is 1.